The Bertz CT molecular complexity index is 1850. The molecule has 0 aliphatic carbocycles. The standard InChI is InChI=1S/C32H30ClF4N7O2/c33-22-6-4-21(24(34)15-22)18-46-29-3-1-2-25(39-29)19-8-11-43(12-9-19)17-28-38-26-14-20(30-40-31(42-41-30)32(35,36)37)5-7-27(26)44(28)16-23-10-13-45-23/h1-7,14-15,19,23H,8-13,16-18H2,(H,40,41,42)/t23-/m0/s1. The lowest BCUT2D eigenvalue weighted by atomic mass is 9.93. The van der Waals surface area contributed by atoms with E-state index in [0.29, 0.717) is 40.6 Å². The fourth-order valence-electron chi connectivity index (χ4n) is 5.91. The highest BCUT2D eigenvalue weighted by atomic mass is 35.5. The van der Waals surface area contributed by atoms with Crippen molar-refractivity contribution in [2.24, 2.45) is 0 Å². The summed E-state index contributed by atoms with van der Waals surface area (Å²) in [6.45, 7) is 3.72. The van der Waals surface area contributed by atoms with Gasteiger partial charge < -0.3 is 14.0 Å². The second-order valence-corrected chi connectivity index (χ2v) is 12.0. The lowest BCUT2D eigenvalue weighted by Crippen LogP contribution is -2.35. The van der Waals surface area contributed by atoms with Crippen molar-refractivity contribution in [2.75, 3.05) is 19.7 Å². The van der Waals surface area contributed by atoms with E-state index in [9.17, 15) is 17.6 Å². The van der Waals surface area contributed by atoms with Crippen molar-refractivity contribution in [1.29, 1.82) is 0 Å². The minimum absolute atomic E-state index is 0.0325. The molecule has 46 heavy (non-hydrogen) atoms. The average molecular weight is 656 g/mol. The molecule has 0 amide bonds. The number of piperidine rings is 1. The Kier molecular flexibility index (Phi) is 8.38. The van der Waals surface area contributed by atoms with Crippen molar-refractivity contribution in [3.63, 3.8) is 0 Å². The highest BCUT2D eigenvalue weighted by Gasteiger charge is 2.35. The van der Waals surface area contributed by atoms with Gasteiger partial charge in [0.2, 0.25) is 11.7 Å². The molecular weight excluding hydrogens is 626 g/mol. The van der Waals surface area contributed by atoms with Gasteiger partial charge in [0.15, 0.2) is 5.82 Å². The first-order valence-electron chi connectivity index (χ1n) is 15.1. The second kappa shape index (κ2) is 12.6. The number of nitrogens with zero attached hydrogens (tertiary/aromatic N) is 6. The summed E-state index contributed by atoms with van der Waals surface area (Å²) in [5.41, 5.74) is 3.35. The number of ether oxygens (including phenoxy) is 2. The number of alkyl halides is 3. The number of fused-ring (bicyclic) bond motifs is 1. The van der Waals surface area contributed by atoms with Gasteiger partial charge in [-0.3, -0.25) is 10.00 Å². The molecule has 5 heterocycles. The maximum absolute atomic E-state index is 14.2. The molecule has 3 aromatic heterocycles. The number of nitrogens with one attached hydrogen (secondary N) is 1. The molecule has 2 saturated heterocycles. The molecule has 5 aromatic rings. The number of benzene rings is 2. The summed E-state index contributed by atoms with van der Waals surface area (Å²) in [5.74, 6) is -0.0217. The van der Waals surface area contributed by atoms with E-state index in [-0.39, 0.29) is 24.5 Å². The number of likely N-dealkylation sites (tertiary alicyclic amines) is 1. The van der Waals surface area contributed by atoms with Gasteiger partial charge >= 0.3 is 6.18 Å². The van der Waals surface area contributed by atoms with E-state index in [0.717, 1.165) is 56.0 Å². The van der Waals surface area contributed by atoms with E-state index in [1.807, 2.05) is 23.3 Å². The molecule has 0 saturated carbocycles. The van der Waals surface area contributed by atoms with Crippen LogP contribution in [0.1, 0.15) is 48.1 Å². The maximum Gasteiger partial charge on any atom is 0.451 e. The van der Waals surface area contributed by atoms with Crippen molar-refractivity contribution in [2.45, 2.75) is 57.2 Å². The molecule has 2 aliphatic rings. The lowest BCUT2D eigenvalue weighted by Gasteiger charge is -2.32. The number of hydrogen-bond acceptors (Lipinski definition) is 7. The number of pyridine rings is 1. The van der Waals surface area contributed by atoms with Crippen LogP contribution >= 0.6 is 11.6 Å². The number of aromatic nitrogens is 6. The lowest BCUT2D eigenvalue weighted by molar-refractivity contribution is -0.144. The van der Waals surface area contributed by atoms with Gasteiger partial charge in [0.25, 0.3) is 0 Å². The summed E-state index contributed by atoms with van der Waals surface area (Å²) in [6, 6.07) is 15.5. The molecule has 0 unspecified atom stereocenters. The number of imidazole rings is 1. The number of aromatic amines is 1. The molecule has 0 radical (unpaired) electrons. The predicted molar refractivity (Wildman–Crippen MR) is 162 cm³/mol. The molecule has 240 valence electrons. The molecule has 1 atom stereocenters. The number of hydrogen-bond donors (Lipinski definition) is 1. The van der Waals surface area contributed by atoms with E-state index >= 15 is 0 Å². The van der Waals surface area contributed by atoms with Crippen LogP contribution in [0, 0.1) is 5.82 Å². The summed E-state index contributed by atoms with van der Waals surface area (Å²) in [7, 11) is 0. The minimum atomic E-state index is -4.61. The van der Waals surface area contributed by atoms with E-state index in [1.165, 1.54) is 6.07 Å². The Morgan fingerprint density at radius 3 is 2.54 bits per heavy atom. The SMILES string of the molecule is Fc1cc(Cl)ccc1COc1cccc(C2CCN(Cc3nc4cc(-c5n[nH]c(C(F)(F)F)n5)ccc4n3C[C@@H]3CCO3)CC2)n1. The maximum atomic E-state index is 14.2. The molecule has 14 heteroatoms. The monoisotopic (exact) mass is 655 g/mol. The quantitative estimate of drug-likeness (QED) is 0.175. The van der Waals surface area contributed by atoms with Crippen molar-refractivity contribution < 1.29 is 27.0 Å². The fourth-order valence-corrected chi connectivity index (χ4v) is 6.07. The van der Waals surface area contributed by atoms with Crippen LogP contribution in [-0.2, 0) is 30.6 Å². The molecule has 0 spiro atoms. The zero-order chi connectivity index (χ0) is 31.8. The Hall–Kier alpha value is -4.07. The van der Waals surface area contributed by atoms with Crippen LogP contribution in [0.15, 0.2) is 54.6 Å². The third-order valence-electron chi connectivity index (χ3n) is 8.53. The van der Waals surface area contributed by atoms with Gasteiger partial charge in [-0.15, -0.1) is 0 Å². The van der Waals surface area contributed by atoms with Gasteiger partial charge in [0.05, 0.1) is 30.2 Å². The van der Waals surface area contributed by atoms with Gasteiger partial charge in [-0.1, -0.05) is 23.7 Å². The largest absolute Gasteiger partial charge is 0.473 e. The molecule has 2 aliphatic heterocycles. The average Bonchev–Trinajstić information content (AvgIpc) is 3.64. The summed E-state index contributed by atoms with van der Waals surface area (Å²) in [4.78, 5) is 15.6. The second-order valence-electron chi connectivity index (χ2n) is 11.6. The Morgan fingerprint density at radius 2 is 1.83 bits per heavy atom. The Labute approximate surface area is 266 Å². The Balaban J connectivity index is 1.03. The summed E-state index contributed by atoms with van der Waals surface area (Å²) in [6.07, 6.45) is -1.76. The van der Waals surface area contributed by atoms with E-state index < -0.39 is 17.8 Å². The van der Waals surface area contributed by atoms with Crippen LogP contribution in [0.3, 0.4) is 0 Å². The summed E-state index contributed by atoms with van der Waals surface area (Å²) >= 11 is 5.85. The Morgan fingerprint density at radius 1 is 1.00 bits per heavy atom. The van der Waals surface area contributed by atoms with Gasteiger partial charge in [-0.05, 0) is 68.8 Å². The smallest absolute Gasteiger partial charge is 0.451 e. The van der Waals surface area contributed by atoms with Crippen LogP contribution in [0.5, 0.6) is 5.88 Å². The number of halogens is 5. The van der Waals surface area contributed by atoms with Crippen LogP contribution in [0.2, 0.25) is 5.02 Å². The zero-order valence-corrected chi connectivity index (χ0v) is 25.4. The van der Waals surface area contributed by atoms with Crippen molar-refractivity contribution in [1.82, 2.24) is 34.6 Å². The molecule has 0 bridgehead atoms. The van der Waals surface area contributed by atoms with Crippen molar-refractivity contribution in [3.8, 4) is 17.3 Å². The third kappa shape index (κ3) is 6.58. The highest BCUT2D eigenvalue weighted by Crippen LogP contribution is 2.32. The van der Waals surface area contributed by atoms with Crippen molar-refractivity contribution >= 4 is 22.6 Å². The normalized spacial score (nSPS) is 17.8. The van der Waals surface area contributed by atoms with E-state index in [1.54, 1.807) is 30.3 Å². The van der Waals surface area contributed by atoms with Crippen LogP contribution < -0.4 is 4.74 Å². The molecular formula is C32H30ClF4N7O2. The molecule has 1 N–H and O–H groups in total. The fraction of sp³-hybridized carbons (Fsp3) is 0.375. The van der Waals surface area contributed by atoms with Gasteiger partial charge in [0.1, 0.15) is 18.2 Å². The first kappa shape index (κ1) is 30.6. The third-order valence-corrected chi connectivity index (χ3v) is 8.76. The van der Waals surface area contributed by atoms with Crippen LogP contribution in [-0.4, -0.2) is 60.4 Å². The molecule has 2 fully saturated rings. The van der Waals surface area contributed by atoms with E-state index in [4.69, 9.17) is 31.0 Å². The van der Waals surface area contributed by atoms with Gasteiger partial charge in [-0.2, -0.15) is 18.3 Å². The topological polar surface area (TPSA) is 94.0 Å². The molecule has 7 rings (SSSR count). The van der Waals surface area contributed by atoms with Crippen LogP contribution in [0.4, 0.5) is 17.6 Å². The molecule has 9 nitrogen and oxygen atoms in total. The zero-order valence-electron chi connectivity index (χ0n) is 24.6. The van der Waals surface area contributed by atoms with Gasteiger partial charge in [0, 0.05) is 40.4 Å². The number of H-pyrrole nitrogens is 1. The first-order chi connectivity index (χ1) is 22.2. The van der Waals surface area contributed by atoms with E-state index in [2.05, 4.69) is 19.5 Å². The van der Waals surface area contributed by atoms with Gasteiger partial charge in [-0.25, -0.2) is 19.3 Å². The van der Waals surface area contributed by atoms with Crippen molar-refractivity contribution in [3.05, 3.63) is 88.3 Å². The predicted octanol–water partition coefficient (Wildman–Crippen LogP) is 6.78. The molecule has 2 aromatic carbocycles. The highest BCUT2D eigenvalue weighted by molar-refractivity contribution is 6.30. The summed E-state index contributed by atoms with van der Waals surface area (Å²) < 4.78 is 67.0. The van der Waals surface area contributed by atoms with Crippen LogP contribution in [0.25, 0.3) is 22.4 Å². The minimum Gasteiger partial charge on any atom is -0.473 e. The first-order valence-corrected chi connectivity index (χ1v) is 15.4. The number of rotatable bonds is 9. The summed E-state index contributed by atoms with van der Waals surface area (Å²) in [5, 5.41) is 6.08.